The van der Waals surface area contributed by atoms with Crippen LogP contribution >= 0.6 is 11.6 Å². The second-order valence-electron chi connectivity index (χ2n) is 4.46. The van der Waals surface area contributed by atoms with E-state index in [1.54, 1.807) is 0 Å². The maximum absolute atomic E-state index is 5.93. The first-order valence-corrected chi connectivity index (χ1v) is 6.20. The van der Waals surface area contributed by atoms with Crippen LogP contribution in [0.5, 0.6) is 0 Å². The molecule has 0 saturated carbocycles. The van der Waals surface area contributed by atoms with Gasteiger partial charge in [-0.1, -0.05) is 61.0 Å². The molecule has 3 rings (SSSR count). The fraction of sp³-hybridized carbons (Fsp3) is 0.125. The van der Waals surface area contributed by atoms with Crippen molar-refractivity contribution in [3.8, 4) is 0 Å². The number of rotatable bonds is 1. The lowest BCUT2D eigenvalue weighted by Gasteiger charge is -2.06. The third-order valence-corrected chi connectivity index (χ3v) is 3.57. The van der Waals surface area contributed by atoms with Crippen LogP contribution in [0.2, 0.25) is 5.02 Å². The molecule has 2 aromatic carbocycles. The van der Waals surface area contributed by atoms with Gasteiger partial charge >= 0.3 is 0 Å². The molecule has 2 aromatic rings. The molecule has 0 spiro atoms. The molecule has 84 valence electrons. The van der Waals surface area contributed by atoms with Gasteiger partial charge in [0.05, 0.1) is 0 Å². The number of hydrogen-bond donors (Lipinski definition) is 0. The highest BCUT2D eigenvalue weighted by molar-refractivity contribution is 6.30. The van der Waals surface area contributed by atoms with Crippen molar-refractivity contribution in [3.05, 3.63) is 76.3 Å². The highest BCUT2D eigenvalue weighted by Gasteiger charge is 2.20. The zero-order valence-electron chi connectivity index (χ0n) is 9.65. The molecule has 1 aliphatic rings. The number of hydrogen-bond acceptors (Lipinski definition) is 0. The summed E-state index contributed by atoms with van der Waals surface area (Å²) in [6.07, 6.45) is 2.33. The second kappa shape index (κ2) is 4.05. The van der Waals surface area contributed by atoms with Gasteiger partial charge in [-0.15, -0.1) is 0 Å². The van der Waals surface area contributed by atoms with E-state index in [-0.39, 0.29) is 0 Å². The largest absolute Gasteiger partial charge is 0.0843 e. The van der Waals surface area contributed by atoms with Crippen LogP contribution in [-0.2, 0) is 0 Å². The van der Waals surface area contributed by atoms with Crippen molar-refractivity contribution < 1.29 is 0 Å². The Kier molecular flexibility index (Phi) is 2.53. The molecule has 17 heavy (non-hydrogen) atoms. The molecule has 0 heterocycles. The average molecular weight is 241 g/mol. The Morgan fingerprint density at radius 2 is 1.65 bits per heavy atom. The van der Waals surface area contributed by atoms with Crippen LogP contribution in [0.1, 0.15) is 29.5 Å². The van der Waals surface area contributed by atoms with E-state index in [0.717, 1.165) is 5.02 Å². The molecule has 0 nitrogen and oxygen atoms in total. The van der Waals surface area contributed by atoms with Gasteiger partial charge in [-0.3, -0.25) is 0 Å². The van der Waals surface area contributed by atoms with Gasteiger partial charge < -0.3 is 0 Å². The number of benzene rings is 2. The van der Waals surface area contributed by atoms with Crippen LogP contribution in [0.3, 0.4) is 0 Å². The first kappa shape index (κ1) is 10.6. The van der Waals surface area contributed by atoms with E-state index in [1.807, 2.05) is 12.1 Å². The topological polar surface area (TPSA) is 0 Å². The van der Waals surface area contributed by atoms with Crippen molar-refractivity contribution in [1.29, 1.82) is 0 Å². The van der Waals surface area contributed by atoms with Gasteiger partial charge in [0.1, 0.15) is 0 Å². The van der Waals surface area contributed by atoms with Crippen molar-refractivity contribution >= 4 is 17.2 Å². The summed E-state index contributed by atoms with van der Waals surface area (Å²) in [5.74, 6) is 0.497. The normalized spacial score (nSPS) is 17.8. The summed E-state index contributed by atoms with van der Waals surface area (Å²) in [7, 11) is 0. The minimum absolute atomic E-state index is 0.497. The van der Waals surface area contributed by atoms with Gasteiger partial charge in [-0.05, 0) is 34.4 Å². The van der Waals surface area contributed by atoms with E-state index in [2.05, 4.69) is 49.4 Å². The van der Waals surface area contributed by atoms with E-state index in [4.69, 9.17) is 11.6 Å². The number of fused-ring (bicyclic) bond motifs is 1. The Morgan fingerprint density at radius 3 is 2.41 bits per heavy atom. The Hall–Kier alpha value is -1.53. The molecular formula is C16H13Cl. The van der Waals surface area contributed by atoms with Crippen LogP contribution in [0, 0.1) is 0 Å². The zero-order chi connectivity index (χ0) is 11.8. The molecule has 0 radical (unpaired) electrons. The molecule has 0 fully saturated rings. The van der Waals surface area contributed by atoms with Gasteiger partial charge in [-0.2, -0.15) is 0 Å². The summed E-state index contributed by atoms with van der Waals surface area (Å²) in [5.41, 5.74) is 5.33. The monoisotopic (exact) mass is 240 g/mol. The van der Waals surface area contributed by atoms with E-state index < -0.39 is 0 Å². The second-order valence-corrected chi connectivity index (χ2v) is 4.90. The highest BCUT2D eigenvalue weighted by Crippen LogP contribution is 2.39. The lowest BCUT2D eigenvalue weighted by molar-refractivity contribution is 0.990. The van der Waals surface area contributed by atoms with Gasteiger partial charge in [0, 0.05) is 10.9 Å². The third kappa shape index (κ3) is 1.79. The van der Waals surface area contributed by atoms with Gasteiger partial charge in [-0.25, -0.2) is 0 Å². The molecular weight excluding hydrogens is 228 g/mol. The predicted molar refractivity (Wildman–Crippen MR) is 73.4 cm³/mol. The van der Waals surface area contributed by atoms with Crippen molar-refractivity contribution in [2.75, 3.05) is 0 Å². The number of allylic oxidation sites excluding steroid dienone is 1. The maximum atomic E-state index is 5.93. The van der Waals surface area contributed by atoms with Crippen LogP contribution in [-0.4, -0.2) is 0 Å². The van der Waals surface area contributed by atoms with E-state index in [9.17, 15) is 0 Å². The summed E-state index contributed by atoms with van der Waals surface area (Å²) in [6.45, 7) is 2.24. The van der Waals surface area contributed by atoms with Gasteiger partial charge in [0.15, 0.2) is 0 Å². The Balaban J connectivity index is 2.11. The van der Waals surface area contributed by atoms with Crippen LogP contribution in [0.4, 0.5) is 0 Å². The summed E-state index contributed by atoms with van der Waals surface area (Å²) < 4.78 is 0. The molecule has 1 aliphatic carbocycles. The molecule has 1 unspecified atom stereocenters. The fourth-order valence-electron chi connectivity index (χ4n) is 2.45. The standard InChI is InChI=1S/C16H13Cl/c1-11-10-16(12-6-8-13(17)9-7-12)15-5-3-2-4-14(11)15/h2-11H,1H3. The summed E-state index contributed by atoms with van der Waals surface area (Å²) in [4.78, 5) is 0. The molecule has 0 amide bonds. The predicted octanol–water partition coefficient (Wildman–Crippen LogP) is 4.89. The van der Waals surface area contributed by atoms with E-state index >= 15 is 0 Å². The minimum atomic E-state index is 0.497. The first-order chi connectivity index (χ1) is 8.25. The molecule has 0 N–H and O–H groups in total. The van der Waals surface area contributed by atoms with Crippen molar-refractivity contribution in [3.63, 3.8) is 0 Å². The lowest BCUT2D eigenvalue weighted by atomic mass is 9.98. The maximum Gasteiger partial charge on any atom is 0.0406 e. The van der Waals surface area contributed by atoms with Gasteiger partial charge in [0.2, 0.25) is 0 Å². The van der Waals surface area contributed by atoms with Gasteiger partial charge in [0.25, 0.3) is 0 Å². The smallest absolute Gasteiger partial charge is 0.0406 e. The first-order valence-electron chi connectivity index (χ1n) is 5.83. The van der Waals surface area contributed by atoms with E-state index in [1.165, 1.54) is 22.3 Å². The summed E-state index contributed by atoms with van der Waals surface area (Å²) in [6, 6.07) is 16.7. The van der Waals surface area contributed by atoms with Crippen LogP contribution in [0.25, 0.3) is 5.57 Å². The molecule has 0 saturated heterocycles. The van der Waals surface area contributed by atoms with Crippen LogP contribution in [0.15, 0.2) is 54.6 Å². The minimum Gasteiger partial charge on any atom is -0.0843 e. The van der Waals surface area contributed by atoms with Crippen molar-refractivity contribution in [2.24, 2.45) is 0 Å². The summed E-state index contributed by atoms with van der Waals surface area (Å²) in [5, 5.41) is 0.786. The Morgan fingerprint density at radius 1 is 0.941 bits per heavy atom. The van der Waals surface area contributed by atoms with E-state index in [0.29, 0.717) is 5.92 Å². The molecule has 0 aromatic heterocycles. The molecule has 1 heteroatoms. The molecule has 1 atom stereocenters. The Labute approximate surface area is 107 Å². The van der Waals surface area contributed by atoms with Crippen molar-refractivity contribution in [2.45, 2.75) is 12.8 Å². The quantitative estimate of drug-likeness (QED) is 0.666. The van der Waals surface area contributed by atoms with Crippen LogP contribution < -0.4 is 0 Å². The Bertz CT molecular complexity index is 579. The zero-order valence-corrected chi connectivity index (χ0v) is 10.4. The number of halogens is 1. The highest BCUT2D eigenvalue weighted by atomic mass is 35.5. The SMILES string of the molecule is CC1C=C(c2ccc(Cl)cc2)c2ccccc21. The average Bonchev–Trinajstić information content (AvgIpc) is 2.69. The third-order valence-electron chi connectivity index (χ3n) is 3.31. The summed E-state index contributed by atoms with van der Waals surface area (Å²) >= 11 is 5.93. The molecule has 0 aliphatic heterocycles. The lowest BCUT2D eigenvalue weighted by Crippen LogP contribution is -1.87. The fourth-order valence-corrected chi connectivity index (χ4v) is 2.58. The van der Waals surface area contributed by atoms with Crippen molar-refractivity contribution in [1.82, 2.24) is 0 Å². The molecule has 0 bridgehead atoms.